The second kappa shape index (κ2) is 11.6. The topological polar surface area (TPSA) is 104 Å². The van der Waals surface area contributed by atoms with Gasteiger partial charge in [-0.05, 0) is 72.4 Å². The van der Waals surface area contributed by atoms with Gasteiger partial charge in [0.2, 0.25) is 5.91 Å². The van der Waals surface area contributed by atoms with Gasteiger partial charge in [0.05, 0.1) is 11.8 Å². The maximum absolute atomic E-state index is 14.0. The average molecular weight is 550 g/mol. The van der Waals surface area contributed by atoms with Crippen molar-refractivity contribution < 1.29 is 9.90 Å². The number of carbonyl (C=O) groups is 1. The largest absolute Gasteiger partial charge is 0.392 e. The molecule has 0 spiro atoms. The number of nitrogens with one attached hydrogen (secondary N) is 1. The highest BCUT2D eigenvalue weighted by Gasteiger charge is 2.22. The first kappa shape index (κ1) is 26.8. The fourth-order valence-corrected chi connectivity index (χ4v) is 5.90. The lowest BCUT2D eigenvalue weighted by atomic mass is 9.99. The monoisotopic (exact) mass is 549 g/mol. The summed E-state index contributed by atoms with van der Waals surface area (Å²) in [6.07, 6.45) is 4.57. The number of aromatic nitrogens is 1. The van der Waals surface area contributed by atoms with E-state index >= 15 is 0 Å². The number of nitrogens with zero attached hydrogens (tertiary/aromatic N) is 3. The van der Waals surface area contributed by atoms with Gasteiger partial charge in [0.1, 0.15) is 5.69 Å². The molecule has 8 heteroatoms. The van der Waals surface area contributed by atoms with Crippen LogP contribution >= 0.6 is 0 Å². The number of hydrogen-bond acceptors (Lipinski definition) is 6. The molecule has 4 N–H and O–H groups in total. The molecule has 3 heterocycles. The van der Waals surface area contributed by atoms with Gasteiger partial charge in [0, 0.05) is 55.9 Å². The summed E-state index contributed by atoms with van der Waals surface area (Å²) >= 11 is 0. The zero-order valence-corrected chi connectivity index (χ0v) is 23.0. The SMILES string of the molecule is NC(=O)c1cccc(Nc2c(N3CCCC3)ccn(-c3ccc(-c4ccccc4CN4CC[C@@H](O)C4)cc3)c2=O)c1. The Morgan fingerprint density at radius 3 is 2.46 bits per heavy atom. The fraction of sp³-hybridized carbons (Fsp3) is 0.273. The Labute approximate surface area is 239 Å². The van der Waals surface area contributed by atoms with Crippen molar-refractivity contribution in [2.45, 2.75) is 31.9 Å². The third-order valence-corrected chi connectivity index (χ3v) is 8.05. The summed E-state index contributed by atoms with van der Waals surface area (Å²) in [6, 6.07) is 25.3. The summed E-state index contributed by atoms with van der Waals surface area (Å²) in [5.41, 5.74) is 11.9. The standard InChI is InChI=1S/C33H35N5O3/c34-32(40)24-7-5-8-26(20-24)35-31-30(37-16-3-4-17-37)15-19-38(33(31)41)27-12-10-23(11-13-27)29-9-2-1-6-25(29)21-36-18-14-28(39)22-36/h1-2,5-13,15,19-20,28,35,39H,3-4,14,16-18,21-22H2,(H2,34,40)/t28-/m1/s1. The Morgan fingerprint density at radius 2 is 1.73 bits per heavy atom. The molecule has 2 aliphatic heterocycles. The predicted octanol–water partition coefficient (Wildman–Crippen LogP) is 4.51. The number of rotatable bonds is 8. The number of β-amino-alcohol motifs (C(OH)–C–C–N with tert-alkyl or cyclic N) is 1. The molecular formula is C33H35N5O3. The van der Waals surface area contributed by atoms with Crippen molar-refractivity contribution in [3.63, 3.8) is 0 Å². The molecule has 1 amide bonds. The highest BCUT2D eigenvalue weighted by atomic mass is 16.3. The summed E-state index contributed by atoms with van der Waals surface area (Å²) in [5.74, 6) is -0.515. The number of hydrogen-bond donors (Lipinski definition) is 3. The summed E-state index contributed by atoms with van der Waals surface area (Å²) in [5, 5.41) is 13.2. The maximum atomic E-state index is 14.0. The number of likely N-dealkylation sites (tertiary alicyclic amines) is 1. The van der Waals surface area contributed by atoms with Gasteiger partial charge in [-0.3, -0.25) is 19.1 Å². The summed E-state index contributed by atoms with van der Waals surface area (Å²) in [6.45, 7) is 4.17. The number of aliphatic hydroxyl groups excluding tert-OH is 1. The molecule has 41 heavy (non-hydrogen) atoms. The predicted molar refractivity (Wildman–Crippen MR) is 163 cm³/mol. The lowest BCUT2D eigenvalue weighted by Crippen LogP contribution is -2.26. The highest BCUT2D eigenvalue weighted by Crippen LogP contribution is 2.31. The van der Waals surface area contributed by atoms with Gasteiger partial charge >= 0.3 is 0 Å². The van der Waals surface area contributed by atoms with Crippen molar-refractivity contribution in [2.75, 3.05) is 36.4 Å². The van der Waals surface area contributed by atoms with Crippen LogP contribution in [0, 0.1) is 0 Å². The van der Waals surface area contributed by atoms with Crippen LogP contribution in [0.2, 0.25) is 0 Å². The number of amides is 1. The Morgan fingerprint density at radius 1 is 0.951 bits per heavy atom. The van der Waals surface area contributed by atoms with Crippen LogP contribution in [-0.4, -0.2) is 52.8 Å². The molecule has 6 rings (SSSR count). The normalized spacial score (nSPS) is 17.2. The second-order valence-electron chi connectivity index (χ2n) is 10.9. The van der Waals surface area contributed by atoms with Gasteiger partial charge in [0.25, 0.3) is 5.56 Å². The van der Waals surface area contributed by atoms with E-state index < -0.39 is 5.91 Å². The number of aliphatic hydroxyl groups is 1. The van der Waals surface area contributed by atoms with E-state index in [2.05, 4.69) is 45.4 Å². The molecule has 1 aromatic heterocycles. The quantitative estimate of drug-likeness (QED) is 0.299. The van der Waals surface area contributed by atoms with Gasteiger partial charge in [-0.1, -0.05) is 42.5 Å². The van der Waals surface area contributed by atoms with E-state index in [1.54, 1.807) is 22.8 Å². The molecule has 3 aromatic carbocycles. The molecular weight excluding hydrogens is 514 g/mol. The van der Waals surface area contributed by atoms with Crippen molar-refractivity contribution in [3.8, 4) is 16.8 Å². The van der Waals surface area contributed by atoms with Crippen LogP contribution in [0.1, 0.15) is 35.2 Å². The van der Waals surface area contributed by atoms with Crippen LogP contribution in [0.5, 0.6) is 0 Å². The molecule has 0 saturated carbocycles. The minimum Gasteiger partial charge on any atom is -0.392 e. The minimum absolute atomic E-state index is 0.167. The van der Waals surface area contributed by atoms with E-state index in [0.29, 0.717) is 23.5 Å². The smallest absolute Gasteiger partial charge is 0.280 e. The molecule has 0 unspecified atom stereocenters. The van der Waals surface area contributed by atoms with E-state index in [0.717, 1.165) is 67.9 Å². The third kappa shape index (κ3) is 5.75. The van der Waals surface area contributed by atoms with Crippen LogP contribution in [0.25, 0.3) is 16.8 Å². The van der Waals surface area contributed by atoms with Crippen molar-refractivity contribution in [2.24, 2.45) is 5.73 Å². The molecule has 0 bridgehead atoms. The van der Waals surface area contributed by atoms with Crippen molar-refractivity contribution in [1.82, 2.24) is 9.47 Å². The second-order valence-corrected chi connectivity index (χ2v) is 10.9. The number of benzene rings is 3. The van der Waals surface area contributed by atoms with Crippen LogP contribution in [0.3, 0.4) is 0 Å². The van der Waals surface area contributed by atoms with Gasteiger partial charge in [-0.25, -0.2) is 0 Å². The van der Waals surface area contributed by atoms with E-state index in [4.69, 9.17) is 5.73 Å². The van der Waals surface area contributed by atoms with E-state index in [-0.39, 0.29) is 11.7 Å². The fourth-order valence-electron chi connectivity index (χ4n) is 5.90. The van der Waals surface area contributed by atoms with Crippen LogP contribution in [0.15, 0.2) is 89.9 Å². The molecule has 2 aliphatic rings. The molecule has 2 fully saturated rings. The lowest BCUT2D eigenvalue weighted by molar-refractivity contribution is 0.100. The zero-order chi connectivity index (χ0) is 28.3. The molecule has 0 aliphatic carbocycles. The molecule has 0 radical (unpaired) electrons. The number of primary amides is 1. The molecule has 210 valence electrons. The first-order valence-electron chi connectivity index (χ1n) is 14.2. The van der Waals surface area contributed by atoms with Gasteiger partial charge < -0.3 is 21.1 Å². The van der Waals surface area contributed by atoms with E-state index in [1.807, 2.05) is 36.5 Å². The average Bonchev–Trinajstić information content (AvgIpc) is 3.67. The van der Waals surface area contributed by atoms with E-state index in [9.17, 15) is 14.7 Å². The first-order valence-corrected chi connectivity index (χ1v) is 14.2. The van der Waals surface area contributed by atoms with E-state index in [1.165, 1.54) is 5.56 Å². The molecule has 2 saturated heterocycles. The molecule has 8 nitrogen and oxygen atoms in total. The Balaban J connectivity index is 1.32. The number of pyridine rings is 1. The van der Waals surface area contributed by atoms with Crippen molar-refractivity contribution in [1.29, 1.82) is 0 Å². The minimum atomic E-state index is -0.515. The van der Waals surface area contributed by atoms with Crippen molar-refractivity contribution >= 4 is 23.0 Å². The number of anilines is 3. The lowest BCUT2D eigenvalue weighted by Gasteiger charge is -2.23. The number of carbonyl (C=O) groups excluding carboxylic acids is 1. The number of nitrogens with two attached hydrogens (primary N) is 1. The highest BCUT2D eigenvalue weighted by molar-refractivity contribution is 5.94. The molecule has 4 aromatic rings. The van der Waals surface area contributed by atoms with Crippen LogP contribution in [0.4, 0.5) is 17.1 Å². The summed E-state index contributed by atoms with van der Waals surface area (Å²) < 4.78 is 1.65. The third-order valence-electron chi connectivity index (χ3n) is 8.05. The van der Waals surface area contributed by atoms with Crippen LogP contribution in [-0.2, 0) is 6.54 Å². The van der Waals surface area contributed by atoms with Crippen LogP contribution < -0.4 is 21.5 Å². The summed E-state index contributed by atoms with van der Waals surface area (Å²) in [7, 11) is 0. The maximum Gasteiger partial charge on any atom is 0.280 e. The Bertz CT molecular complexity index is 1610. The Kier molecular flexibility index (Phi) is 7.59. The molecule has 1 atom stereocenters. The van der Waals surface area contributed by atoms with Gasteiger partial charge in [-0.2, -0.15) is 0 Å². The Hall–Kier alpha value is -4.40. The summed E-state index contributed by atoms with van der Waals surface area (Å²) in [4.78, 5) is 30.2. The first-order chi connectivity index (χ1) is 20.0. The van der Waals surface area contributed by atoms with Crippen molar-refractivity contribution in [3.05, 3.63) is 107 Å². The zero-order valence-electron chi connectivity index (χ0n) is 23.0. The van der Waals surface area contributed by atoms with Gasteiger partial charge in [-0.15, -0.1) is 0 Å². The van der Waals surface area contributed by atoms with Gasteiger partial charge in [0.15, 0.2) is 0 Å².